The Morgan fingerprint density at radius 2 is 2.19 bits per heavy atom. The fourth-order valence-corrected chi connectivity index (χ4v) is 3.85. The zero-order valence-electron chi connectivity index (χ0n) is 10.1. The van der Waals surface area contributed by atoms with Gasteiger partial charge < -0.3 is 14.6 Å². The van der Waals surface area contributed by atoms with Gasteiger partial charge in [-0.15, -0.1) is 0 Å². The van der Waals surface area contributed by atoms with Gasteiger partial charge in [-0.2, -0.15) is 11.8 Å². The second kappa shape index (κ2) is 5.25. The van der Waals surface area contributed by atoms with Crippen molar-refractivity contribution in [1.82, 2.24) is 0 Å². The number of rotatable bonds is 3. The first-order valence-electron chi connectivity index (χ1n) is 6.16. The molecule has 0 radical (unpaired) electrons. The van der Waals surface area contributed by atoms with Crippen LogP contribution in [0.3, 0.4) is 0 Å². The topological polar surface area (TPSA) is 38.7 Å². The summed E-state index contributed by atoms with van der Waals surface area (Å²) in [6.07, 6.45) is 2.98. The molecule has 16 heavy (non-hydrogen) atoms. The molecule has 0 bridgehead atoms. The van der Waals surface area contributed by atoms with Crippen molar-refractivity contribution in [2.45, 2.75) is 55.3 Å². The lowest BCUT2D eigenvalue weighted by molar-refractivity contribution is -0.0770. The lowest BCUT2D eigenvalue weighted by Crippen LogP contribution is -2.42. The van der Waals surface area contributed by atoms with E-state index < -0.39 is 0 Å². The summed E-state index contributed by atoms with van der Waals surface area (Å²) in [5.74, 6) is 0. The summed E-state index contributed by atoms with van der Waals surface area (Å²) in [6.45, 7) is 6.40. The van der Waals surface area contributed by atoms with Crippen LogP contribution >= 0.6 is 11.8 Å². The van der Waals surface area contributed by atoms with Gasteiger partial charge in [-0.25, -0.2) is 0 Å². The molecule has 0 amide bonds. The van der Waals surface area contributed by atoms with E-state index in [1.54, 1.807) is 0 Å². The van der Waals surface area contributed by atoms with E-state index in [9.17, 15) is 5.11 Å². The SMILES string of the molecule is CC(O)C(C)SC1CCOC2(CCOC2)C1. The molecule has 4 heteroatoms. The molecule has 4 unspecified atom stereocenters. The predicted octanol–water partition coefficient (Wildman–Crippen LogP) is 1.83. The third kappa shape index (κ3) is 2.92. The standard InChI is InChI=1S/C12H22O3S/c1-9(13)10(2)16-11-3-5-15-12(7-11)4-6-14-8-12/h9-11,13H,3-8H2,1-2H3. The third-order valence-corrected chi connectivity index (χ3v) is 5.21. The lowest BCUT2D eigenvalue weighted by atomic mass is 9.93. The summed E-state index contributed by atoms with van der Waals surface area (Å²) >= 11 is 1.90. The maximum Gasteiger partial charge on any atom is 0.0947 e. The molecule has 4 atom stereocenters. The molecule has 2 fully saturated rings. The first-order chi connectivity index (χ1) is 7.61. The van der Waals surface area contributed by atoms with Crippen molar-refractivity contribution in [2.75, 3.05) is 19.8 Å². The first-order valence-corrected chi connectivity index (χ1v) is 7.11. The van der Waals surface area contributed by atoms with Crippen LogP contribution in [0.4, 0.5) is 0 Å². The Kier molecular flexibility index (Phi) is 4.16. The van der Waals surface area contributed by atoms with E-state index in [1.165, 1.54) is 0 Å². The molecule has 2 heterocycles. The van der Waals surface area contributed by atoms with E-state index in [-0.39, 0.29) is 11.7 Å². The summed E-state index contributed by atoms with van der Waals surface area (Å²) in [7, 11) is 0. The van der Waals surface area contributed by atoms with Crippen LogP contribution in [0.2, 0.25) is 0 Å². The van der Waals surface area contributed by atoms with E-state index in [1.807, 2.05) is 18.7 Å². The monoisotopic (exact) mass is 246 g/mol. The summed E-state index contributed by atoms with van der Waals surface area (Å²) in [5, 5.41) is 10.5. The molecule has 3 nitrogen and oxygen atoms in total. The minimum atomic E-state index is -0.233. The summed E-state index contributed by atoms with van der Waals surface area (Å²) < 4.78 is 11.4. The summed E-state index contributed by atoms with van der Waals surface area (Å²) in [4.78, 5) is 0. The van der Waals surface area contributed by atoms with Crippen molar-refractivity contribution in [1.29, 1.82) is 0 Å². The second-order valence-corrected chi connectivity index (χ2v) is 6.71. The van der Waals surface area contributed by atoms with Crippen LogP contribution in [-0.4, -0.2) is 47.1 Å². The predicted molar refractivity (Wildman–Crippen MR) is 65.9 cm³/mol. The van der Waals surface area contributed by atoms with Gasteiger partial charge >= 0.3 is 0 Å². The zero-order chi connectivity index (χ0) is 11.6. The highest BCUT2D eigenvalue weighted by Crippen LogP contribution is 2.39. The smallest absolute Gasteiger partial charge is 0.0947 e. The molecule has 0 aliphatic carbocycles. The minimum absolute atomic E-state index is 0.00562. The summed E-state index contributed by atoms with van der Waals surface area (Å²) in [6, 6.07) is 0. The Morgan fingerprint density at radius 1 is 1.38 bits per heavy atom. The fraction of sp³-hybridized carbons (Fsp3) is 1.00. The van der Waals surface area contributed by atoms with Crippen molar-refractivity contribution in [2.24, 2.45) is 0 Å². The van der Waals surface area contributed by atoms with Gasteiger partial charge in [0.1, 0.15) is 0 Å². The molecule has 2 saturated heterocycles. The van der Waals surface area contributed by atoms with Gasteiger partial charge in [-0.3, -0.25) is 0 Å². The lowest BCUT2D eigenvalue weighted by Gasteiger charge is -2.37. The zero-order valence-corrected chi connectivity index (χ0v) is 11.0. The Hall–Kier alpha value is 0.230. The number of ether oxygens (including phenoxy) is 2. The number of thioether (sulfide) groups is 1. The van der Waals surface area contributed by atoms with Gasteiger partial charge in [0, 0.05) is 30.1 Å². The van der Waals surface area contributed by atoms with Crippen molar-refractivity contribution in [3.63, 3.8) is 0 Å². The van der Waals surface area contributed by atoms with Gasteiger partial charge in [0.15, 0.2) is 0 Å². The van der Waals surface area contributed by atoms with E-state index in [0.29, 0.717) is 10.5 Å². The van der Waals surface area contributed by atoms with Gasteiger partial charge in [0.25, 0.3) is 0 Å². The second-order valence-electron chi connectivity index (χ2n) is 5.03. The number of hydrogen-bond acceptors (Lipinski definition) is 4. The molecular formula is C12H22O3S. The Balaban J connectivity index is 1.87. The molecule has 1 N–H and O–H groups in total. The minimum Gasteiger partial charge on any atom is -0.392 e. The average Bonchev–Trinajstić information content (AvgIpc) is 2.66. The molecule has 94 valence electrons. The molecule has 2 aliphatic rings. The van der Waals surface area contributed by atoms with Crippen LogP contribution in [0.5, 0.6) is 0 Å². The number of aliphatic hydroxyl groups excluding tert-OH is 1. The summed E-state index contributed by atoms with van der Waals surface area (Å²) in [5.41, 5.74) is -0.00562. The van der Waals surface area contributed by atoms with Crippen LogP contribution in [0, 0.1) is 0 Å². The highest BCUT2D eigenvalue weighted by atomic mass is 32.2. The van der Waals surface area contributed by atoms with Crippen LogP contribution in [0.25, 0.3) is 0 Å². The van der Waals surface area contributed by atoms with Crippen molar-refractivity contribution < 1.29 is 14.6 Å². The largest absolute Gasteiger partial charge is 0.392 e. The quantitative estimate of drug-likeness (QED) is 0.824. The van der Waals surface area contributed by atoms with E-state index >= 15 is 0 Å². The fourth-order valence-electron chi connectivity index (χ4n) is 2.38. The Morgan fingerprint density at radius 3 is 2.81 bits per heavy atom. The molecule has 0 saturated carbocycles. The Bertz CT molecular complexity index is 226. The van der Waals surface area contributed by atoms with Crippen LogP contribution in [0.1, 0.15) is 33.1 Å². The molecule has 0 aromatic heterocycles. The number of aliphatic hydroxyl groups is 1. The molecule has 2 aliphatic heterocycles. The molecule has 0 aromatic rings. The van der Waals surface area contributed by atoms with Gasteiger partial charge in [0.2, 0.25) is 0 Å². The van der Waals surface area contributed by atoms with Gasteiger partial charge in [0.05, 0.1) is 18.3 Å². The van der Waals surface area contributed by atoms with Crippen molar-refractivity contribution in [3.8, 4) is 0 Å². The normalized spacial score (nSPS) is 38.8. The van der Waals surface area contributed by atoms with E-state index in [4.69, 9.17) is 9.47 Å². The molecule has 0 aromatic carbocycles. The van der Waals surface area contributed by atoms with Crippen LogP contribution < -0.4 is 0 Å². The highest BCUT2D eigenvalue weighted by Gasteiger charge is 2.41. The highest BCUT2D eigenvalue weighted by molar-refractivity contribution is 8.00. The molecule has 1 spiro atoms. The van der Waals surface area contributed by atoms with Crippen molar-refractivity contribution >= 4 is 11.8 Å². The first kappa shape index (κ1) is 12.7. The Labute approximate surface area is 102 Å². The molecular weight excluding hydrogens is 224 g/mol. The van der Waals surface area contributed by atoms with Crippen LogP contribution in [0.15, 0.2) is 0 Å². The maximum absolute atomic E-state index is 9.53. The van der Waals surface area contributed by atoms with Crippen LogP contribution in [-0.2, 0) is 9.47 Å². The van der Waals surface area contributed by atoms with Crippen molar-refractivity contribution in [3.05, 3.63) is 0 Å². The third-order valence-electron chi connectivity index (χ3n) is 3.60. The number of hydrogen-bond donors (Lipinski definition) is 1. The van der Waals surface area contributed by atoms with Gasteiger partial charge in [-0.1, -0.05) is 6.92 Å². The maximum atomic E-state index is 9.53. The average molecular weight is 246 g/mol. The van der Waals surface area contributed by atoms with E-state index in [2.05, 4.69) is 6.92 Å². The van der Waals surface area contributed by atoms with E-state index in [0.717, 1.165) is 39.1 Å². The van der Waals surface area contributed by atoms with Gasteiger partial charge in [-0.05, 0) is 19.8 Å². The molecule has 2 rings (SSSR count).